The van der Waals surface area contributed by atoms with Crippen molar-refractivity contribution < 1.29 is 14.0 Å². The summed E-state index contributed by atoms with van der Waals surface area (Å²) in [6, 6.07) is 13.0. The van der Waals surface area contributed by atoms with Gasteiger partial charge in [0.25, 0.3) is 5.91 Å². The number of benzene rings is 2. The van der Waals surface area contributed by atoms with Crippen molar-refractivity contribution in [3.8, 4) is 5.69 Å². The van der Waals surface area contributed by atoms with Gasteiger partial charge in [0, 0.05) is 40.8 Å². The highest BCUT2D eigenvalue weighted by atomic mass is 35.5. The zero-order chi connectivity index (χ0) is 21.8. The standard InChI is InChI=1S/C22H20ClFN4O2/c1-13-9-17(14(2)28(13)19-7-8-21(24)20(23)11-19)12-25-27-22(30)16-5-4-6-18(10-16)26-15(3)29/h4-12H,1-3H3,(H,26,29)(H,27,30). The first-order valence-corrected chi connectivity index (χ1v) is 9.49. The third kappa shape index (κ3) is 4.75. The van der Waals surface area contributed by atoms with Crippen LogP contribution < -0.4 is 10.7 Å². The number of aromatic nitrogens is 1. The third-order valence-electron chi connectivity index (χ3n) is 4.45. The average Bonchev–Trinajstić information content (AvgIpc) is 2.97. The fourth-order valence-corrected chi connectivity index (χ4v) is 3.28. The summed E-state index contributed by atoms with van der Waals surface area (Å²) in [5.74, 6) is -1.10. The van der Waals surface area contributed by atoms with E-state index in [0.717, 1.165) is 22.6 Å². The number of carbonyl (C=O) groups excluding carboxylic acids is 2. The van der Waals surface area contributed by atoms with E-state index in [1.165, 1.54) is 13.0 Å². The number of aryl methyl sites for hydroxylation is 1. The van der Waals surface area contributed by atoms with Gasteiger partial charge in [-0.3, -0.25) is 9.59 Å². The van der Waals surface area contributed by atoms with Gasteiger partial charge in [-0.25, -0.2) is 9.82 Å². The van der Waals surface area contributed by atoms with Crippen molar-refractivity contribution in [1.82, 2.24) is 9.99 Å². The fraction of sp³-hybridized carbons (Fsp3) is 0.136. The Balaban J connectivity index is 1.76. The van der Waals surface area contributed by atoms with E-state index in [9.17, 15) is 14.0 Å². The van der Waals surface area contributed by atoms with Crippen molar-refractivity contribution in [2.24, 2.45) is 5.10 Å². The number of rotatable bonds is 5. The van der Waals surface area contributed by atoms with E-state index in [1.807, 2.05) is 24.5 Å². The lowest BCUT2D eigenvalue weighted by Gasteiger charge is -2.10. The van der Waals surface area contributed by atoms with Gasteiger partial charge in [0.05, 0.1) is 11.2 Å². The number of carbonyl (C=O) groups is 2. The van der Waals surface area contributed by atoms with Crippen LogP contribution in [0.15, 0.2) is 53.6 Å². The molecule has 0 aliphatic heterocycles. The lowest BCUT2D eigenvalue weighted by molar-refractivity contribution is -0.114. The van der Waals surface area contributed by atoms with Crippen LogP contribution in [0.4, 0.5) is 10.1 Å². The molecule has 8 heteroatoms. The van der Waals surface area contributed by atoms with E-state index in [4.69, 9.17) is 11.6 Å². The highest BCUT2D eigenvalue weighted by Crippen LogP contribution is 2.24. The maximum Gasteiger partial charge on any atom is 0.271 e. The Morgan fingerprint density at radius 3 is 2.60 bits per heavy atom. The summed E-state index contributed by atoms with van der Waals surface area (Å²) in [5, 5.41) is 6.71. The lowest BCUT2D eigenvalue weighted by Crippen LogP contribution is -2.18. The second kappa shape index (κ2) is 8.92. The first-order chi connectivity index (χ1) is 14.3. The molecule has 0 bridgehead atoms. The summed E-state index contributed by atoms with van der Waals surface area (Å²) in [7, 11) is 0. The lowest BCUT2D eigenvalue weighted by atomic mass is 10.2. The van der Waals surface area contributed by atoms with E-state index in [0.29, 0.717) is 11.3 Å². The van der Waals surface area contributed by atoms with Gasteiger partial charge in [0.1, 0.15) is 5.82 Å². The first-order valence-electron chi connectivity index (χ1n) is 9.11. The third-order valence-corrected chi connectivity index (χ3v) is 4.74. The minimum atomic E-state index is -0.477. The van der Waals surface area contributed by atoms with Crippen LogP contribution in [0.5, 0.6) is 0 Å². The summed E-state index contributed by atoms with van der Waals surface area (Å²) in [6.07, 6.45) is 1.54. The van der Waals surface area contributed by atoms with Crippen LogP contribution in [0.1, 0.15) is 34.2 Å². The summed E-state index contributed by atoms with van der Waals surface area (Å²) < 4.78 is 15.4. The Labute approximate surface area is 178 Å². The number of hydrogen-bond acceptors (Lipinski definition) is 3. The summed E-state index contributed by atoms with van der Waals surface area (Å²) >= 11 is 5.91. The van der Waals surface area contributed by atoms with Crippen molar-refractivity contribution in [2.75, 3.05) is 5.32 Å². The highest BCUT2D eigenvalue weighted by Gasteiger charge is 2.11. The molecule has 0 spiro atoms. The Morgan fingerprint density at radius 1 is 1.13 bits per heavy atom. The van der Waals surface area contributed by atoms with E-state index < -0.39 is 11.7 Å². The molecule has 3 rings (SSSR count). The average molecular weight is 427 g/mol. The zero-order valence-corrected chi connectivity index (χ0v) is 17.4. The van der Waals surface area contributed by atoms with E-state index in [-0.39, 0.29) is 10.9 Å². The Bertz CT molecular complexity index is 1150. The number of halogens is 2. The molecule has 0 atom stereocenters. The smallest absolute Gasteiger partial charge is 0.271 e. The minimum absolute atomic E-state index is 0.0453. The molecule has 1 aromatic heterocycles. The van der Waals surface area contributed by atoms with Crippen LogP contribution >= 0.6 is 11.6 Å². The molecular weight excluding hydrogens is 407 g/mol. The monoisotopic (exact) mass is 426 g/mol. The highest BCUT2D eigenvalue weighted by molar-refractivity contribution is 6.30. The van der Waals surface area contributed by atoms with Crippen molar-refractivity contribution in [2.45, 2.75) is 20.8 Å². The molecule has 0 saturated carbocycles. The van der Waals surface area contributed by atoms with E-state index in [1.54, 1.807) is 42.6 Å². The molecule has 2 aromatic carbocycles. The van der Waals surface area contributed by atoms with Crippen molar-refractivity contribution >= 4 is 35.3 Å². The SMILES string of the molecule is CC(=O)Nc1cccc(C(=O)NN=Cc2cc(C)n(-c3ccc(F)c(Cl)c3)c2C)c1. The number of hydrogen-bond donors (Lipinski definition) is 2. The van der Waals surface area contributed by atoms with Crippen LogP contribution in [0.2, 0.25) is 5.02 Å². The molecule has 0 radical (unpaired) electrons. The predicted octanol–water partition coefficient (Wildman–Crippen LogP) is 4.61. The first kappa shape index (κ1) is 21.3. The zero-order valence-electron chi connectivity index (χ0n) is 16.7. The second-order valence-electron chi connectivity index (χ2n) is 6.72. The Kier molecular flexibility index (Phi) is 6.32. The quantitative estimate of drug-likeness (QED) is 0.461. The fourth-order valence-electron chi connectivity index (χ4n) is 3.11. The molecule has 0 unspecified atom stereocenters. The molecule has 0 saturated heterocycles. The normalized spacial score (nSPS) is 11.0. The van der Waals surface area contributed by atoms with Crippen LogP contribution in [-0.2, 0) is 4.79 Å². The van der Waals surface area contributed by atoms with Crippen LogP contribution in [0, 0.1) is 19.7 Å². The van der Waals surface area contributed by atoms with Gasteiger partial charge >= 0.3 is 0 Å². The van der Waals surface area contributed by atoms with Crippen molar-refractivity contribution in [1.29, 1.82) is 0 Å². The maximum atomic E-state index is 13.5. The van der Waals surface area contributed by atoms with Gasteiger partial charge in [-0.05, 0) is 56.3 Å². The number of anilines is 1. The minimum Gasteiger partial charge on any atom is -0.326 e. The number of hydrazone groups is 1. The van der Waals surface area contributed by atoms with Gasteiger partial charge in [-0.15, -0.1) is 0 Å². The van der Waals surface area contributed by atoms with Crippen LogP contribution in [-0.4, -0.2) is 22.6 Å². The topological polar surface area (TPSA) is 75.5 Å². The van der Waals surface area contributed by atoms with E-state index in [2.05, 4.69) is 15.8 Å². The largest absolute Gasteiger partial charge is 0.326 e. The summed E-state index contributed by atoms with van der Waals surface area (Å²) in [4.78, 5) is 23.5. The van der Waals surface area contributed by atoms with Gasteiger partial charge < -0.3 is 9.88 Å². The molecule has 30 heavy (non-hydrogen) atoms. The van der Waals surface area contributed by atoms with Gasteiger partial charge in [-0.2, -0.15) is 5.10 Å². The molecule has 3 aromatic rings. The van der Waals surface area contributed by atoms with Gasteiger partial charge in [0.2, 0.25) is 5.91 Å². The molecular formula is C22H20ClFN4O2. The van der Waals surface area contributed by atoms with Crippen molar-refractivity contribution in [3.63, 3.8) is 0 Å². The molecule has 0 fully saturated rings. The molecule has 2 amide bonds. The Hall–Kier alpha value is -3.45. The van der Waals surface area contributed by atoms with Gasteiger partial charge in [0.15, 0.2) is 0 Å². The van der Waals surface area contributed by atoms with Crippen LogP contribution in [0.3, 0.4) is 0 Å². The molecule has 6 nitrogen and oxygen atoms in total. The molecule has 0 aliphatic rings. The molecule has 154 valence electrons. The Morgan fingerprint density at radius 2 is 1.90 bits per heavy atom. The van der Waals surface area contributed by atoms with Crippen LogP contribution in [0.25, 0.3) is 5.69 Å². The summed E-state index contributed by atoms with van der Waals surface area (Å²) in [5.41, 5.74) is 6.67. The number of nitrogens with one attached hydrogen (secondary N) is 2. The predicted molar refractivity (Wildman–Crippen MR) is 116 cm³/mol. The van der Waals surface area contributed by atoms with E-state index >= 15 is 0 Å². The van der Waals surface area contributed by atoms with Gasteiger partial charge in [-0.1, -0.05) is 17.7 Å². The van der Waals surface area contributed by atoms with Crippen molar-refractivity contribution in [3.05, 3.63) is 81.9 Å². The summed E-state index contributed by atoms with van der Waals surface area (Å²) in [6.45, 7) is 5.20. The molecule has 0 aliphatic carbocycles. The molecule has 1 heterocycles. The maximum absolute atomic E-state index is 13.5. The number of amides is 2. The molecule has 2 N–H and O–H groups in total. The second-order valence-corrected chi connectivity index (χ2v) is 7.13. The number of nitrogens with zero attached hydrogens (tertiary/aromatic N) is 2.